The van der Waals surface area contributed by atoms with Crippen LogP contribution in [0.3, 0.4) is 0 Å². The van der Waals surface area contributed by atoms with Crippen LogP contribution in [0.5, 0.6) is 0 Å². The van der Waals surface area contributed by atoms with Crippen molar-refractivity contribution in [1.29, 1.82) is 0 Å². The van der Waals surface area contributed by atoms with Crippen LogP contribution in [0.1, 0.15) is 12.0 Å². The minimum Gasteiger partial charge on any atom is -0.373 e. The summed E-state index contributed by atoms with van der Waals surface area (Å²) in [5.41, 5.74) is 4.91. The summed E-state index contributed by atoms with van der Waals surface area (Å²) in [5.74, 6) is 1.35. The summed E-state index contributed by atoms with van der Waals surface area (Å²) in [7, 11) is 0.907. The molecule has 1 saturated heterocycles. The Morgan fingerprint density at radius 1 is 1.06 bits per heavy atom. The van der Waals surface area contributed by atoms with Gasteiger partial charge in [-0.1, -0.05) is 0 Å². The number of aryl methyl sites for hydroxylation is 2. The van der Waals surface area contributed by atoms with E-state index < -0.39 is 9.84 Å². The monoisotopic (exact) mass is 479 g/mol. The number of anilines is 1. The normalized spacial score (nSPS) is 16.2. The third-order valence-corrected chi connectivity index (χ3v) is 7.99. The maximum Gasteiger partial charge on any atom is 0.152 e. The van der Waals surface area contributed by atoms with Gasteiger partial charge in [0.15, 0.2) is 9.84 Å². The highest BCUT2D eigenvalue weighted by molar-refractivity contribution is 7.91. The predicted molar refractivity (Wildman–Crippen MR) is 134 cm³/mol. The van der Waals surface area contributed by atoms with Gasteiger partial charge in [-0.2, -0.15) is 5.10 Å². The van der Waals surface area contributed by atoms with Crippen LogP contribution in [0.25, 0.3) is 28.0 Å². The van der Waals surface area contributed by atoms with E-state index in [0.29, 0.717) is 13.1 Å². The van der Waals surface area contributed by atoms with Gasteiger partial charge in [0.1, 0.15) is 11.5 Å². The van der Waals surface area contributed by atoms with Crippen LogP contribution in [0, 0.1) is 0 Å². The van der Waals surface area contributed by atoms with Gasteiger partial charge in [-0.25, -0.2) is 18.4 Å². The molecule has 0 aromatic carbocycles. The van der Waals surface area contributed by atoms with Crippen LogP contribution in [-0.4, -0.2) is 75.8 Å². The third kappa shape index (κ3) is 4.69. The highest BCUT2D eigenvalue weighted by Crippen LogP contribution is 2.28. The van der Waals surface area contributed by atoms with Crippen LogP contribution in [0.4, 0.5) is 5.82 Å². The minimum absolute atomic E-state index is 0.268. The topological polar surface area (TPSA) is 97.9 Å². The number of fused-ring (bicyclic) bond motifs is 1. The Morgan fingerprint density at radius 3 is 2.56 bits per heavy atom. The summed E-state index contributed by atoms with van der Waals surface area (Å²) < 4.78 is 27.3. The molecule has 1 N–H and O–H groups in total. The summed E-state index contributed by atoms with van der Waals surface area (Å²) in [4.78, 5) is 11.7. The van der Waals surface area contributed by atoms with E-state index in [9.17, 15) is 8.42 Å². The van der Waals surface area contributed by atoms with Crippen LogP contribution in [-0.2, 0) is 23.3 Å². The first-order valence-electron chi connectivity index (χ1n) is 11.5. The molecular formula is C24H29N7O2S. The van der Waals surface area contributed by atoms with Crippen molar-refractivity contribution in [2.45, 2.75) is 12.8 Å². The van der Waals surface area contributed by atoms with E-state index in [0.717, 1.165) is 53.2 Å². The van der Waals surface area contributed by atoms with Crippen molar-refractivity contribution in [3.8, 4) is 16.9 Å². The zero-order valence-electron chi connectivity index (χ0n) is 19.5. The van der Waals surface area contributed by atoms with Crippen LogP contribution >= 0.6 is 0 Å². The van der Waals surface area contributed by atoms with Gasteiger partial charge in [-0.15, -0.1) is 0 Å². The molecule has 0 amide bonds. The molecule has 0 spiro atoms. The Balaban J connectivity index is 1.42. The molecule has 1 fully saturated rings. The van der Waals surface area contributed by atoms with Gasteiger partial charge in [-0.3, -0.25) is 9.25 Å². The van der Waals surface area contributed by atoms with Gasteiger partial charge in [0.2, 0.25) is 0 Å². The highest BCUT2D eigenvalue weighted by atomic mass is 32.2. The average molecular weight is 480 g/mol. The molecule has 5 rings (SSSR count). The van der Waals surface area contributed by atoms with E-state index in [1.54, 1.807) is 4.68 Å². The summed E-state index contributed by atoms with van der Waals surface area (Å²) in [6.45, 7) is 2.15. The fraction of sp³-hybridized carbons (Fsp3) is 0.375. The molecule has 1 aliphatic rings. The number of hydrogen-bond acceptors (Lipinski definition) is 7. The molecule has 4 aromatic heterocycles. The van der Waals surface area contributed by atoms with Gasteiger partial charge >= 0.3 is 0 Å². The zero-order valence-corrected chi connectivity index (χ0v) is 20.3. The number of hydrogen-bond donors (Lipinski definition) is 1. The molecular weight excluding hydrogens is 450 g/mol. The van der Waals surface area contributed by atoms with Crippen molar-refractivity contribution >= 4 is 26.7 Å². The molecule has 9 nitrogen and oxygen atoms in total. The lowest BCUT2D eigenvalue weighted by Gasteiger charge is -2.26. The van der Waals surface area contributed by atoms with Crippen molar-refractivity contribution in [2.24, 2.45) is 7.05 Å². The van der Waals surface area contributed by atoms with E-state index in [-0.39, 0.29) is 11.5 Å². The van der Waals surface area contributed by atoms with Crippen molar-refractivity contribution < 1.29 is 8.42 Å². The van der Waals surface area contributed by atoms with E-state index in [1.807, 2.05) is 50.9 Å². The second kappa shape index (κ2) is 9.19. The van der Waals surface area contributed by atoms with Crippen molar-refractivity contribution in [3.63, 3.8) is 0 Å². The number of rotatable bonds is 7. The minimum atomic E-state index is -2.85. The second-order valence-electron chi connectivity index (χ2n) is 8.74. The molecule has 0 unspecified atom stereocenters. The second-order valence-corrected chi connectivity index (χ2v) is 11.0. The Hall–Kier alpha value is -3.24. The SMILES string of the molecule is CNc1ccc(-c2ccc3c(CCCN4CCS(=O)(=O)CC4)cn(-c4cnn(C)c4)c3n2)cn1. The smallest absolute Gasteiger partial charge is 0.152 e. The average Bonchev–Trinajstić information content (AvgIpc) is 3.43. The molecule has 0 aliphatic carbocycles. The quantitative estimate of drug-likeness (QED) is 0.435. The number of sulfone groups is 1. The molecule has 0 radical (unpaired) electrons. The van der Waals surface area contributed by atoms with Gasteiger partial charge in [0.25, 0.3) is 0 Å². The Kier molecular flexibility index (Phi) is 6.09. The number of aromatic nitrogens is 5. The summed E-state index contributed by atoms with van der Waals surface area (Å²) in [6, 6.07) is 8.15. The molecule has 1 aliphatic heterocycles. The number of nitrogens with zero attached hydrogens (tertiary/aromatic N) is 6. The Bertz CT molecular complexity index is 1390. The zero-order chi connectivity index (χ0) is 23.7. The van der Waals surface area contributed by atoms with Gasteiger partial charge in [-0.05, 0) is 49.2 Å². The van der Waals surface area contributed by atoms with Crippen molar-refractivity contribution in [2.75, 3.05) is 43.5 Å². The van der Waals surface area contributed by atoms with Gasteiger partial charge in [0.05, 0.1) is 29.1 Å². The van der Waals surface area contributed by atoms with E-state index >= 15 is 0 Å². The summed E-state index contributed by atoms with van der Waals surface area (Å²) in [6.07, 6.45) is 9.67. The first-order chi connectivity index (χ1) is 16.4. The lowest BCUT2D eigenvalue weighted by Crippen LogP contribution is -2.40. The lowest BCUT2D eigenvalue weighted by molar-refractivity contribution is 0.292. The van der Waals surface area contributed by atoms with Crippen LogP contribution in [0.2, 0.25) is 0 Å². The first kappa shape index (κ1) is 22.5. The number of nitrogens with one attached hydrogen (secondary N) is 1. The molecule has 0 bridgehead atoms. The Labute approximate surface area is 199 Å². The standard InChI is InChI=1S/C24H29N7O2S/c1-25-23-8-5-18(14-26-23)22-7-6-21-19(4-3-9-30-10-12-34(32,33)13-11-30)16-31(24(21)28-22)20-15-27-29(2)17-20/h5-8,14-17H,3-4,9-13H2,1-2H3,(H,25,26). The molecule has 178 valence electrons. The fourth-order valence-corrected chi connectivity index (χ4v) is 5.70. The summed E-state index contributed by atoms with van der Waals surface area (Å²) >= 11 is 0. The van der Waals surface area contributed by atoms with E-state index in [2.05, 4.69) is 37.1 Å². The first-order valence-corrected chi connectivity index (χ1v) is 13.3. The van der Waals surface area contributed by atoms with Gasteiger partial charge in [0, 0.05) is 56.7 Å². The molecule has 0 saturated carbocycles. The lowest BCUT2D eigenvalue weighted by atomic mass is 10.1. The molecule has 4 aromatic rings. The molecule has 0 atom stereocenters. The van der Waals surface area contributed by atoms with Crippen molar-refractivity contribution in [3.05, 3.63) is 54.6 Å². The van der Waals surface area contributed by atoms with E-state index in [1.165, 1.54) is 5.56 Å². The third-order valence-electron chi connectivity index (χ3n) is 6.38. The molecule has 10 heteroatoms. The Morgan fingerprint density at radius 2 is 1.88 bits per heavy atom. The highest BCUT2D eigenvalue weighted by Gasteiger charge is 2.21. The predicted octanol–water partition coefficient (Wildman–Crippen LogP) is 2.53. The fourth-order valence-electron chi connectivity index (χ4n) is 4.42. The maximum absolute atomic E-state index is 11.7. The van der Waals surface area contributed by atoms with Crippen LogP contribution in [0.15, 0.2) is 49.1 Å². The largest absolute Gasteiger partial charge is 0.373 e. The van der Waals surface area contributed by atoms with E-state index in [4.69, 9.17) is 4.98 Å². The number of pyridine rings is 2. The van der Waals surface area contributed by atoms with Gasteiger partial charge < -0.3 is 10.2 Å². The summed E-state index contributed by atoms with van der Waals surface area (Å²) in [5, 5.41) is 8.50. The maximum atomic E-state index is 11.7. The molecule has 5 heterocycles. The van der Waals surface area contributed by atoms with Crippen molar-refractivity contribution in [1.82, 2.24) is 29.2 Å². The molecule has 34 heavy (non-hydrogen) atoms. The van der Waals surface area contributed by atoms with Crippen LogP contribution < -0.4 is 5.32 Å².